The molecule has 3 aromatic carbocycles. The molecular formula is C24H16F3NO3S. The molecule has 0 radical (unpaired) electrons. The van der Waals surface area contributed by atoms with Crippen molar-refractivity contribution in [2.24, 2.45) is 0 Å². The number of halogens is 3. The van der Waals surface area contributed by atoms with Crippen LogP contribution in [-0.2, 0) is 15.8 Å². The molecule has 4 nitrogen and oxygen atoms in total. The monoisotopic (exact) mass is 455 g/mol. The van der Waals surface area contributed by atoms with E-state index in [4.69, 9.17) is 4.74 Å². The van der Waals surface area contributed by atoms with Gasteiger partial charge in [0.15, 0.2) is 0 Å². The number of nitrogens with zero attached hydrogens (tertiary/aromatic N) is 1. The zero-order valence-corrected chi connectivity index (χ0v) is 17.5. The van der Waals surface area contributed by atoms with Crippen molar-refractivity contribution >= 4 is 34.8 Å². The molecule has 4 rings (SSSR count). The molecule has 0 fully saturated rings. The quantitative estimate of drug-likeness (QED) is 0.457. The lowest BCUT2D eigenvalue weighted by Crippen LogP contribution is -2.31. The van der Waals surface area contributed by atoms with Crippen molar-refractivity contribution in [3.63, 3.8) is 0 Å². The van der Waals surface area contributed by atoms with Crippen molar-refractivity contribution < 1.29 is 27.5 Å². The first-order valence-electron chi connectivity index (χ1n) is 9.48. The lowest BCUT2D eigenvalue weighted by molar-refractivity contribution is -0.137. The third-order valence-electron chi connectivity index (χ3n) is 4.83. The standard InChI is InChI=1S/C24H16F3NO3S/c1-31-19-10-6-5-9-18(19)20-21(32-17-7-3-2-4-8-17)23(30)28(22(20)29)16-13-11-15(12-14-16)24(25,26)27/h2-14H,1H3. The second-order valence-corrected chi connectivity index (χ2v) is 7.89. The van der Waals surface area contributed by atoms with Gasteiger partial charge in [0, 0.05) is 10.5 Å². The maximum atomic E-state index is 13.4. The summed E-state index contributed by atoms with van der Waals surface area (Å²) >= 11 is 1.12. The van der Waals surface area contributed by atoms with Crippen LogP contribution in [0.25, 0.3) is 5.57 Å². The van der Waals surface area contributed by atoms with Crippen molar-refractivity contribution in [1.82, 2.24) is 0 Å². The summed E-state index contributed by atoms with van der Waals surface area (Å²) in [7, 11) is 1.46. The van der Waals surface area contributed by atoms with Gasteiger partial charge < -0.3 is 4.74 Å². The van der Waals surface area contributed by atoms with Crippen LogP contribution < -0.4 is 9.64 Å². The molecule has 0 unspecified atom stereocenters. The molecule has 0 aliphatic carbocycles. The van der Waals surface area contributed by atoms with Gasteiger partial charge in [-0.15, -0.1) is 0 Å². The highest BCUT2D eigenvalue weighted by Crippen LogP contribution is 2.43. The molecule has 1 aliphatic rings. The summed E-state index contributed by atoms with van der Waals surface area (Å²) in [5.74, 6) is -0.828. The number of anilines is 1. The third kappa shape index (κ3) is 4.01. The van der Waals surface area contributed by atoms with Crippen LogP contribution in [0.1, 0.15) is 11.1 Å². The number of carbonyl (C=O) groups excluding carboxylic acids is 2. The SMILES string of the molecule is COc1ccccc1C1=C(Sc2ccccc2)C(=O)N(c2ccc(C(F)(F)F)cc2)C1=O. The molecule has 0 saturated heterocycles. The summed E-state index contributed by atoms with van der Waals surface area (Å²) in [6, 6.07) is 19.8. The van der Waals surface area contributed by atoms with E-state index >= 15 is 0 Å². The Morgan fingerprint density at radius 2 is 1.44 bits per heavy atom. The fourth-order valence-electron chi connectivity index (χ4n) is 3.33. The van der Waals surface area contributed by atoms with Crippen LogP contribution >= 0.6 is 11.8 Å². The van der Waals surface area contributed by atoms with E-state index in [1.165, 1.54) is 7.11 Å². The largest absolute Gasteiger partial charge is 0.496 e. The molecule has 3 aromatic rings. The minimum Gasteiger partial charge on any atom is -0.496 e. The molecule has 0 bridgehead atoms. The number of imide groups is 1. The fraction of sp³-hybridized carbons (Fsp3) is 0.0833. The van der Waals surface area contributed by atoms with E-state index in [9.17, 15) is 22.8 Å². The van der Waals surface area contributed by atoms with Gasteiger partial charge >= 0.3 is 6.18 Å². The van der Waals surface area contributed by atoms with Crippen LogP contribution in [0, 0.1) is 0 Å². The van der Waals surface area contributed by atoms with E-state index in [-0.39, 0.29) is 16.2 Å². The number of alkyl halides is 3. The van der Waals surface area contributed by atoms with Crippen LogP contribution in [0.4, 0.5) is 18.9 Å². The maximum Gasteiger partial charge on any atom is 0.416 e. The Morgan fingerprint density at radius 3 is 2.06 bits per heavy atom. The number of amides is 2. The van der Waals surface area contributed by atoms with Crippen LogP contribution in [-0.4, -0.2) is 18.9 Å². The van der Waals surface area contributed by atoms with Gasteiger partial charge in [-0.05, 0) is 42.5 Å². The van der Waals surface area contributed by atoms with Crippen molar-refractivity contribution in [3.8, 4) is 5.75 Å². The predicted molar refractivity (Wildman–Crippen MR) is 116 cm³/mol. The van der Waals surface area contributed by atoms with Crippen molar-refractivity contribution in [3.05, 3.63) is 94.9 Å². The summed E-state index contributed by atoms with van der Waals surface area (Å²) in [5, 5.41) is 0. The Hall–Kier alpha value is -3.52. The number of ether oxygens (including phenoxy) is 1. The maximum absolute atomic E-state index is 13.4. The molecule has 0 atom stereocenters. The molecule has 2 amide bonds. The van der Waals surface area contributed by atoms with E-state index in [1.807, 2.05) is 6.07 Å². The van der Waals surface area contributed by atoms with Gasteiger partial charge in [-0.3, -0.25) is 9.59 Å². The molecule has 32 heavy (non-hydrogen) atoms. The fourth-order valence-corrected chi connectivity index (χ4v) is 4.34. The topological polar surface area (TPSA) is 46.6 Å². The molecular weight excluding hydrogens is 439 g/mol. The van der Waals surface area contributed by atoms with E-state index in [0.29, 0.717) is 11.3 Å². The summed E-state index contributed by atoms with van der Waals surface area (Å²) < 4.78 is 44.2. The van der Waals surface area contributed by atoms with E-state index in [1.54, 1.807) is 48.5 Å². The second-order valence-electron chi connectivity index (χ2n) is 6.81. The zero-order valence-electron chi connectivity index (χ0n) is 16.7. The Kier molecular flexibility index (Phi) is 5.80. The van der Waals surface area contributed by atoms with Gasteiger partial charge in [0.1, 0.15) is 5.75 Å². The number of hydrogen-bond donors (Lipinski definition) is 0. The third-order valence-corrected chi connectivity index (χ3v) is 5.92. The first-order valence-corrected chi connectivity index (χ1v) is 10.3. The average molecular weight is 455 g/mol. The molecule has 0 saturated carbocycles. The Labute approximate surface area is 186 Å². The Morgan fingerprint density at radius 1 is 0.812 bits per heavy atom. The molecule has 0 spiro atoms. The second kappa shape index (κ2) is 8.55. The van der Waals surface area contributed by atoms with Gasteiger partial charge in [0.05, 0.1) is 28.8 Å². The van der Waals surface area contributed by atoms with Crippen molar-refractivity contribution in [1.29, 1.82) is 0 Å². The van der Waals surface area contributed by atoms with Gasteiger partial charge in [-0.2, -0.15) is 13.2 Å². The molecule has 0 N–H and O–H groups in total. The highest BCUT2D eigenvalue weighted by atomic mass is 32.2. The molecule has 8 heteroatoms. The molecule has 0 aromatic heterocycles. The minimum atomic E-state index is -4.52. The zero-order chi connectivity index (χ0) is 22.9. The number of hydrogen-bond acceptors (Lipinski definition) is 4. The van der Waals surface area contributed by atoms with Crippen molar-refractivity contribution in [2.75, 3.05) is 12.0 Å². The van der Waals surface area contributed by atoms with E-state index in [2.05, 4.69) is 0 Å². The number of benzene rings is 3. The van der Waals surface area contributed by atoms with E-state index < -0.39 is 23.6 Å². The number of methoxy groups -OCH3 is 1. The lowest BCUT2D eigenvalue weighted by Gasteiger charge is -2.16. The van der Waals surface area contributed by atoms with Crippen LogP contribution in [0.5, 0.6) is 5.75 Å². The van der Waals surface area contributed by atoms with Crippen LogP contribution in [0.15, 0.2) is 88.7 Å². The van der Waals surface area contributed by atoms with E-state index in [0.717, 1.165) is 45.8 Å². The smallest absolute Gasteiger partial charge is 0.416 e. The van der Waals surface area contributed by atoms with Gasteiger partial charge in [-0.25, -0.2) is 4.90 Å². The number of para-hydroxylation sites is 1. The predicted octanol–water partition coefficient (Wildman–Crippen LogP) is 5.79. The number of carbonyl (C=O) groups is 2. The van der Waals surface area contributed by atoms with Crippen molar-refractivity contribution in [2.45, 2.75) is 11.1 Å². The highest BCUT2D eigenvalue weighted by molar-refractivity contribution is 8.04. The molecule has 1 aliphatic heterocycles. The molecule has 1 heterocycles. The Bertz CT molecular complexity index is 1210. The first-order chi connectivity index (χ1) is 15.3. The summed E-state index contributed by atoms with van der Waals surface area (Å²) in [6.07, 6.45) is -4.52. The summed E-state index contributed by atoms with van der Waals surface area (Å²) in [6.45, 7) is 0. The van der Waals surface area contributed by atoms with Gasteiger partial charge in [0.25, 0.3) is 11.8 Å². The normalized spacial score (nSPS) is 14.3. The lowest BCUT2D eigenvalue weighted by atomic mass is 10.0. The molecule has 162 valence electrons. The number of rotatable bonds is 5. The first kappa shape index (κ1) is 21.7. The van der Waals surface area contributed by atoms with Gasteiger partial charge in [0.2, 0.25) is 0 Å². The Balaban J connectivity index is 1.81. The van der Waals surface area contributed by atoms with Crippen LogP contribution in [0.3, 0.4) is 0 Å². The van der Waals surface area contributed by atoms with Gasteiger partial charge in [-0.1, -0.05) is 48.2 Å². The average Bonchev–Trinajstić information content (AvgIpc) is 3.03. The minimum absolute atomic E-state index is 0.0593. The summed E-state index contributed by atoms with van der Waals surface area (Å²) in [5.41, 5.74) is -0.233. The highest BCUT2D eigenvalue weighted by Gasteiger charge is 2.41. The number of thioether (sulfide) groups is 1. The van der Waals surface area contributed by atoms with Crippen LogP contribution in [0.2, 0.25) is 0 Å². The summed E-state index contributed by atoms with van der Waals surface area (Å²) in [4.78, 5) is 28.6.